The van der Waals surface area contributed by atoms with Crippen molar-refractivity contribution in [3.8, 4) is 0 Å². The average molecular weight is 249 g/mol. The van der Waals surface area contributed by atoms with Gasteiger partial charge in [0.05, 0.1) is 0 Å². The molecule has 0 spiro atoms. The summed E-state index contributed by atoms with van der Waals surface area (Å²) in [5.74, 6) is 0.323. The molecule has 0 aliphatic carbocycles. The summed E-state index contributed by atoms with van der Waals surface area (Å²) in [6.45, 7) is 11.2. The van der Waals surface area contributed by atoms with E-state index in [9.17, 15) is 4.39 Å². The van der Waals surface area contributed by atoms with Gasteiger partial charge in [-0.15, -0.1) is 0 Å². The predicted octanol–water partition coefficient (Wildman–Crippen LogP) is 4.17. The molecule has 0 aliphatic heterocycles. The maximum Gasteiger partial charge on any atom is 0.126 e. The zero-order valence-electron chi connectivity index (χ0n) is 12.0. The molecule has 0 amide bonds. The number of halogens is 1. The van der Waals surface area contributed by atoms with E-state index in [1.54, 1.807) is 13.0 Å². The summed E-state index contributed by atoms with van der Waals surface area (Å²) in [6.07, 6.45) is 2.09. The molecule has 1 N–H and O–H groups in total. The molecule has 0 bridgehead atoms. The number of aryl methyl sites for hydroxylation is 1. The Hall–Kier alpha value is -1.15. The van der Waals surface area contributed by atoms with Crippen molar-refractivity contribution in [1.29, 1.82) is 0 Å². The van der Waals surface area contributed by atoms with Gasteiger partial charge in [0.15, 0.2) is 0 Å². The third-order valence-corrected chi connectivity index (χ3v) is 3.00. The van der Waals surface area contributed by atoms with E-state index in [2.05, 4.69) is 39.1 Å². The molecular formula is C16H24FN. The molecule has 0 aliphatic rings. The Bertz CT molecular complexity index is 419. The van der Waals surface area contributed by atoms with Crippen molar-refractivity contribution in [2.24, 2.45) is 5.92 Å². The van der Waals surface area contributed by atoms with Crippen LogP contribution >= 0.6 is 0 Å². The maximum absolute atomic E-state index is 13.5. The molecule has 18 heavy (non-hydrogen) atoms. The highest BCUT2D eigenvalue weighted by atomic mass is 19.1. The Morgan fingerprint density at radius 1 is 1.28 bits per heavy atom. The summed E-state index contributed by atoms with van der Waals surface area (Å²) in [4.78, 5) is 0. The first kappa shape index (κ1) is 14.9. The zero-order chi connectivity index (χ0) is 13.7. The fourth-order valence-electron chi connectivity index (χ4n) is 1.66. The van der Waals surface area contributed by atoms with Crippen LogP contribution in [0.1, 0.15) is 38.8 Å². The van der Waals surface area contributed by atoms with Crippen molar-refractivity contribution in [3.63, 3.8) is 0 Å². The largest absolute Gasteiger partial charge is 0.311 e. The van der Waals surface area contributed by atoms with Gasteiger partial charge in [0.1, 0.15) is 5.82 Å². The number of hydrogen-bond acceptors (Lipinski definition) is 1. The van der Waals surface area contributed by atoms with Crippen LogP contribution in [0.25, 0.3) is 6.08 Å². The summed E-state index contributed by atoms with van der Waals surface area (Å²) in [5, 5.41) is 3.41. The Morgan fingerprint density at radius 3 is 2.44 bits per heavy atom. The zero-order valence-corrected chi connectivity index (χ0v) is 12.0. The van der Waals surface area contributed by atoms with E-state index in [0.29, 0.717) is 17.5 Å². The van der Waals surface area contributed by atoms with Gasteiger partial charge in [-0.2, -0.15) is 0 Å². The van der Waals surface area contributed by atoms with Crippen molar-refractivity contribution in [3.05, 3.63) is 40.7 Å². The molecule has 0 fully saturated rings. The molecule has 1 aromatic rings. The molecule has 100 valence electrons. The molecule has 0 atom stereocenters. The van der Waals surface area contributed by atoms with Gasteiger partial charge in [-0.25, -0.2) is 4.39 Å². The number of rotatable bonds is 5. The number of hydrogen-bond donors (Lipinski definition) is 1. The minimum absolute atomic E-state index is 0.135. The topological polar surface area (TPSA) is 12.0 Å². The fraction of sp³-hybridized carbons (Fsp3) is 0.500. The fourth-order valence-corrected chi connectivity index (χ4v) is 1.66. The third kappa shape index (κ3) is 4.61. The molecule has 0 saturated heterocycles. The van der Waals surface area contributed by atoms with Crippen molar-refractivity contribution < 1.29 is 4.39 Å². The van der Waals surface area contributed by atoms with Gasteiger partial charge < -0.3 is 5.32 Å². The molecular weight excluding hydrogens is 225 g/mol. The normalized spacial score (nSPS) is 12.6. The summed E-state index contributed by atoms with van der Waals surface area (Å²) >= 11 is 0. The van der Waals surface area contributed by atoms with Gasteiger partial charge in [-0.05, 0) is 30.0 Å². The summed E-state index contributed by atoms with van der Waals surface area (Å²) in [6, 6.07) is 5.86. The molecule has 0 unspecified atom stereocenters. The van der Waals surface area contributed by atoms with Crippen LogP contribution in [0.15, 0.2) is 23.8 Å². The molecule has 2 heteroatoms. The Kier molecular flexibility index (Phi) is 5.54. The van der Waals surface area contributed by atoms with E-state index in [4.69, 9.17) is 0 Å². The first-order valence-electron chi connectivity index (χ1n) is 6.60. The van der Waals surface area contributed by atoms with E-state index in [1.165, 1.54) is 5.57 Å². The highest BCUT2D eigenvalue weighted by Crippen LogP contribution is 2.16. The standard InChI is InChI=1S/C16H24FN/c1-11(2)15(10-18-12(3)4)8-14-7-6-13(5)16(17)9-14/h6-9,11-12,18H,10H2,1-5H3. The lowest BCUT2D eigenvalue weighted by Gasteiger charge is -2.15. The second-order valence-electron chi connectivity index (χ2n) is 5.42. The minimum atomic E-state index is -0.135. The molecule has 0 radical (unpaired) electrons. The molecule has 1 rings (SSSR count). The van der Waals surface area contributed by atoms with Crippen molar-refractivity contribution >= 4 is 6.08 Å². The van der Waals surface area contributed by atoms with E-state index in [-0.39, 0.29) is 5.82 Å². The van der Waals surface area contributed by atoms with Gasteiger partial charge in [0.2, 0.25) is 0 Å². The summed E-state index contributed by atoms with van der Waals surface area (Å²) < 4.78 is 13.5. The molecule has 1 aromatic carbocycles. The van der Waals surface area contributed by atoms with Crippen LogP contribution in [0.3, 0.4) is 0 Å². The van der Waals surface area contributed by atoms with E-state index >= 15 is 0 Å². The van der Waals surface area contributed by atoms with Crippen LogP contribution in [0.5, 0.6) is 0 Å². The number of nitrogens with one attached hydrogen (secondary N) is 1. The second-order valence-corrected chi connectivity index (χ2v) is 5.42. The lowest BCUT2D eigenvalue weighted by Crippen LogP contribution is -2.26. The van der Waals surface area contributed by atoms with Gasteiger partial charge in [0.25, 0.3) is 0 Å². The minimum Gasteiger partial charge on any atom is -0.311 e. The number of benzene rings is 1. The van der Waals surface area contributed by atoms with Gasteiger partial charge in [-0.3, -0.25) is 0 Å². The Morgan fingerprint density at radius 2 is 1.94 bits per heavy atom. The van der Waals surface area contributed by atoms with Crippen LogP contribution in [0.4, 0.5) is 4.39 Å². The summed E-state index contributed by atoms with van der Waals surface area (Å²) in [5.41, 5.74) is 2.93. The van der Waals surface area contributed by atoms with Crippen LogP contribution in [-0.2, 0) is 0 Å². The van der Waals surface area contributed by atoms with Gasteiger partial charge in [0, 0.05) is 12.6 Å². The van der Waals surface area contributed by atoms with Crippen molar-refractivity contribution in [1.82, 2.24) is 5.32 Å². The monoisotopic (exact) mass is 249 g/mol. The molecule has 1 nitrogen and oxygen atoms in total. The van der Waals surface area contributed by atoms with Crippen LogP contribution < -0.4 is 5.32 Å². The summed E-state index contributed by atoms with van der Waals surface area (Å²) in [7, 11) is 0. The Balaban J connectivity index is 2.89. The van der Waals surface area contributed by atoms with Crippen LogP contribution in [0, 0.1) is 18.7 Å². The smallest absolute Gasteiger partial charge is 0.126 e. The van der Waals surface area contributed by atoms with Gasteiger partial charge in [-0.1, -0.05) is 51.5 Å². The highest BCUT2D eigenvalue weighted by Gasteiger charge is 2.05. The Labute approximate surface area is 110 Å². The third-order valence-electron chi connectivity index (χ3n) is 3.00. The lowest BCUT2D eigenvalue weighted by molar-refractivity contribution is 0.592. The molecule has 0 saturated carbocycles. The maximum atomic E-state index is 13.5. The van der Waals surface area contributed by atoms with Crippen LogP contribution in [-0.4, -0.2) is 12.6 Å². The quantitative estimate of drug-likeness (QED) is 0.825. The SMILES string of the molecule is Cc1ccc(C=C(CNC(C)C)C(C)C)cc1F. The predicted molar refractivity (Wildman–Crippen MR) is 77.1 cm³/mol. The molecule has 0 aromatic heterocycles. The van der Waals surface area contributed by atoms with E-state index < -0.39 is 0 Å². The average Bonchev–Trinajstić information content (AvgIpc) is 2.28. The van der Waals surface area contributed by atoms with Crippen molar-refractivity contribution in [2.45, 2.75) is 40.7 Å². The second kappa shape index (κ2) is 6.69. The first-order valence-corrected chi connectivity index (χ1v) is 6.60. The van der Waals surface area contributed by atoms with E-state index in [0.717, 1.165) is 12.1 Å². The van der Waals surface area contributed by atoms with E-state index in [1.807, 2.05) is 12.1 Å². The lowest BCUT2D eigenvalue weighted by atomic mass is 9.99. The molecule has 0 heterocycles. The van der Waals surface area contributed by atoms with Crippen molar-refractivity contribution in [2.75, 3.05) is 6.54 Å². The van der Waals surface area contributed by atoms with Crippen LogP contribution in [0.2, 0.25) is 0 Å². The highest BCUT2D eigenvalue weighted by molar-refractivity contribution is 5.54. The first-order chi connectivity index (χ1) is 8.40. The van der Waals surface area contributed by atoms with Gasteiger partial charge >= 0.3 is 0 Å².